The lowest BCUT2D eigenvalue weighted by Gasteiger charge is -2.26. The number of amides is 3. The molecule has 0 radical (unpaired) electrons. The van der Waals surface area contributed by atoms with Crippen molar-refractivity contribution in [3.63, 3.8) is 0 Å². The van der Waals surface area contributed by atoms with Crippen LogP contribution in [0.3, 0.4) is 0 Å². The lowest BCUT2D eigenvalue weighted by atomic mass is 10.0. The molecule has 0 spiro atoms. The zero-order valence-electron chi connectivity index (χ0n) is 28.3. The maximum atomic E-state index is 14.3. The van der Waals surface area contributed by atoms with Crippen molar-refractivity contribution in [2.45, 2.75) is 96.6 Å². The van der Waals surface area contributed by atoms with Crippen molar-refractivity contribution in [2.75, 3.05) is 18.8 Å². The molecule has 0 heterocycles. The number of ether oxygens (including phenoxy) is 2. The van der Waals surface area contributed by atoms with Crippen molar-refractivity contribution in [2.24, 2.45) is 0 Å². The molecule has 48 heavy (non-hydrogen) atoms. The summed E-state index contributed by atoms with van der Waals surface area (Å²) in [7, 11) is -4.01. The summed E-state index contributed by atoms with van der Waals surface area (Å²) in [5.41, 5.74) is -0.998. The number of nitrogens with one attached hydrogen (secondary N) is 4. The van der Waals surface area contributed by atoms with Gasteiger partial charge in [-0.15, -0.1) is 0 Å². The summed E-state index contributed by atoms with van der Waals surface area (Å²) in [5.74, 6) is -2.84. The highest BCUT2D eigenvalue weighted by atomic mass is 32.2. The standard InChI is InChI=1S/C33H48F2N4O8S/c1-32(2,3)46-30(42)38-25(20-23-19-24(34)14-15-26(23)35)21-48(44,45)37-17-11-10-16-36-29(41)28(40)27(18-22-12-8-7-9-13-22)39-31(43)47-33(4,5)6/h7-9,12-15,19,25,27-28,37,40H,10-11,16-18,20-21H2,1-6H3,(H,36,41)(H,38,42)(H,39,43)/t25?,27-,28+/m1/s1. The molecule has 268 valence electrons. The number of halogens is 2. The average molecular weight is 699 g/mol. The molecule has 0 bridgehead atoms. The van der Waals surface area contributed by atoms with Crippen LogP contribution in [0.5, 0.6) is 0 Å². The van der Waals surface area contributed by atoms with Crippen LogP contribution in [0, 0.1) is 11.6 Å². The monoisotopic (exact) mass is 698 g/mol. The van der Waals surface area contributed by atoms with E-state index in [4.69, 9.17) is 9.47 Å². The molecule has 0 fully saturated rings. The van der Waals surface area contributed by atoms with Gasteiger partial charge in [-0.2, -0.15) is 0 Å². The first-order valence-corrected chi connectivity index (χ1v) is 17.3. The molecule has 3 amide bonds. The number of hydrogen-bond acceptors (Lipinski definition) is 8. The molecule has 0 aliphatic heterocycles. The summed E-state index contributed by atoms with van der Waals surface area (Å²) in [6.07, 6.45) is -2.83. The van der Waals surface area contributed by atoms with Crippen molar-refractivity contribution < 1.29 is 46.2 Å². The Morgan fingerprint density at radius 3 is 2.02 bits per heavy atom. The van der Waals surface area contributed by atoms with Crippen LogP contribution in [0.2, 0.25) is 0 Å². The second-order valence-corrected chi connectivity index (χ2v) is 15.2. The van der Waals surface area contributed by atoms with E-state index in [0.717, 1.165) is 23.8 Å². The number of unbranched alkanes of at least 4 members (excludes halogenated alkanes) is 1. The van der Waals surface area contributed by atoms with Gasteiger partial charge >= 0.3 is 12.2 Å². The van der Waals surface area contributed by atoms with Gasteiger partial charge in [0.2, 0.25) is 10.0 Å². The lowest BCUT2D eigenvalue weighted by Crippen LogP contribution is -2.52. The molecule has 2 aromatic rings. The highest BCUT2D eigenvalue weighted by Gasteiger charge is 2.30. The zero-order chi connectivity index (χ0) is 36.1. The third-order valence-corrected chi connectivity index (χ3v) is 7.98. The normalized spacial score (nSPS) is 13.9. The zero-order valence-corrected chi connectivity index (χ0v) is 29.1. The quantitative estimate of drug-likeness (QED) is 0.165. The smallest absolute Gasteiger partial charge is 0.407 e. The first-order valence-electron chi connectivity index (χ1n) is 15.6. The number of hydrogen-bond donors (Lipinski definition) is 5. The molecule has 5 N–H and O–H groups in total. The molecule has 2 aromatic carbocycles. The second kappa shape index (κ2) is 18.1. The van der Waals surface area contributed by atoms with Crippen LogP contribution in [0.25, 0.3) is 0 Å². The summed E-state index contributed by atoms with van der Waals surface area (Å²) in [5, 5.41) is 18.4. The Bertz CT molecular complexity index is 1460. The Morgan fingerprint density at radius 2 is 1.42 bits per heavy atom. The topological polar surface area (TPSA) is 172 Å². The van der Waals surface area contributed by atoms with E-state index in [9.17, 15) is 36.7 Å². The number of benzene rings is 2. The number of rotatable bonds is 16. The minimum Gasteiger partial charge on any atom is -0.444 e. The van der Waals surface area contributed by atoms with E-state index >= 15 is 0 Å². The Morgan fingerprint density at radius 1 is 0.833 bits per heavy atom. The fraction of sp³-hybridized carbons (Fsp3) is 0.545. The number of alkyl carbamates (subject to hydrolysis) is 2. The fourth-order valence-electron chi connectivity index (χ4n) is 4.46. The van der Waals surface area contributed by atoms with Gasteiger partial charge < -0.3 is 30.5 Å². The van der Waals surface area contributed by atoms with E-state index < -0.39 is 74.9 Å². The van der Waals surface area contributed by atoms with E-state index in [0.29, 0.717) is 12.8 Å². The van der Waals surface area contributed by atoms with Crippen LogP contribution in [0.4, 0.5) is 18.4 Å². The van der Waals surface area contributed by atoms with Gasteiger partial charge in [0.05, 0.1) is 17.8 Å². The SMILES string of the molecule is CC(C)(C)OC(=O)NC(Cc1cc(F)ccc1F)CS(=O)(=O)NCCCCNC(=O)[C@@H](O)[C@@H](Cc1ccccc1)NC(=O)OC(C)(C)C. The third-order valence-electron chi connectivity index (χ3n) is 6.49. The molecule has 2 rings (SSSR count). The summed E-state index contributed by atoms with van der Waals surface area (Å²) >= 11 is 0. The molecule has 0 aromatic heterocycles. The first-order chi connectivity index (χ1) is 22.2. The lowest BCUT2D eigenvalue weighted by molar-refractivity contribution is -0.130. The average Bonchev–Trinajstić information content (AvgIpc) is 2.94. The number of aliphatic hydroxyl groups excluding tert-OH is 1. The predicted molar refractivity (Wildman–Crippen MR) is 177 cm³/mol. The Kier molecular flexibility index (Phi) is 15.2. The minimum atomic E-state index is -4.01. The van der Waals surface area contributed by atoms with Crippen LogP contribution < -0.4 is 20.7 Å². The minimum absolute atomic E-state index is 0.0227. The van der Waals surface area contributed by atoms with Crippen molar-refractivity contribution in [3.8, 4) is 0 Å². The second-order valence-electron chi connectivity index (χ2n) is 13.3. The maximum Gasteiger partial charge on any atom is 0.407 e. The largest absolute Gasteiger partial charge is 0.444 e. The number of sulfonamides is 1. The molecular formula is C33H48F2N4O8S. The van der Waals surface area contributed by atoms with Crippen molar-refractivity contribution >= 4 is 28.1 Å². The van der Waals surface area contributed by atoms with Crippen LogP contribution in [-0.4, -0.2) is 79.9 Å². The van der Waals surface area contributed by atoms with Gasteiger partial charge in [0.1, 0.15) is 22.8 Å². The summed E-state index contributed by atoms with van der Waals surface area (Å²) in [4.78, 5) is 37.5. The summed E-state index contributed by atoms with van der Waals surface area (Å²) in [6, 6.07) is 9.64. The van der Waals surface area contributed by atoms with E-state index in [1.807, 2.05) is 6.07 Å². The molecular weight excluding hydrogens is 650 g/mol. The number of carbonyl (C=O) groups is 3. The van der Waals surface area contributed by atoms with Gasteiger partial charge in [0, 0.05) is 13.1 Å². The Labute approximate surface area is 281 Å². The maximum absolute atomic E-state index is 14.3. The molecule has 0 saturated heterocycles. The third kappa shape index (κ3) is 16.3. The molecule has 1 unspecified atom stereocenters. The van der Waals surface area contributed by atoms with Gasteiger partial charge in [-0.1, -0.05) is 30.3 Å². The van der Waals surface area contributed by atoms with Gasteiger partial charge in [-0.3, -0.25) is 4.79 Å². The molecule has 3 atom stereocenters. The van der Waals surface area contributed by atoms with E-state index in [-0.39, 0.29) is 31.5 Å². The number of aliphatic hydroxyl groups is 1. The highest BCUT2D eigenvalue weighted by molar-refractivity contribution is 7.89. The van der Waals surface area contributed by atoms with Crippen LogP contribution in [0.15, 0.2) is 48.5 Å². The Hall–Kier alpha value is -3.82. The van der Waals surface area contributed by atoms with Gasteiger partial charge in [-0.25, -0.2) is 31.5 Å². The molecule has 0 aliphatic rings. The first kappa shape index (κ1) is 40.4. The van der Waals surface area contributed by atoms with Crippen LogP contribution in [-0.2, 0) is 37.1 Å². The van der Waals surface area contributed by atoms with E-state index in [2.05, 4.69) is 20.7 Å². The number of carbonyl (C=O) groups excluding carboxylic acids is 3. The van der Waals surface area contributed by atoms with Gasteiger partial charge in [0.25, 0.3) is 5.91 Å². The molecule has 0 saturated carbocycles. The van der Waals surface area contributed by atoms with E-state index in [1.165, 1.54) is 0 Å². The van der Waals surface area contributed by atoms with Crippen molar-refractivity contribution in [3.05, 3.63) is 71.3 Å². The van der Waals surface area contributed by atoms with Crippen molar-refractivity contribution in [1.29, 1.82) is 0 Å². The molecule has 12 nitrogen and oxygen atoms in total. The predicted octanol–water partition coefficient (Wildman–Crippen LogP) is 3.71. The molecule has 15 heteroatoms. The van der Waals surface area contributed by atoms with Crippen LogP contribution >= 0.6 is 0 Å². The van der Waals surface area contributed by atoms with Crippen molar-refractivity contribution in [1.82, 2.24) is 20.7 Å². The highest BCUT2D eigenvalue weighted by Crippen LogP contribution is 2.15. The van der Waals surface area contributed by atoms with E-state index in [1.54, 1.807) is 65.8 Å². The Balaban J connectivity index is 1.91. The summed E-state index contributed by atoms with van der Waals surface area (Å²) in [6.45, 7) is 10.0. The van der Waals surface area contributed by atoms with Gasteiger partial charge in [-0.05, 0) is 96.6 Å². The molecule has 0 aliphatic carbocycles. The van der Waals surface area contributed by atoms with Crippen LogP contribution in [0.1, 0.15) is 65.5 Å². The fourth-order valence-corrected chi connectivity index (χ4v) is 5.76. The van der Waals surface area contributed by atoms with Gasteiger partial charge in [0.15, 0.2) is 6.10 Å². The summed E-state index contributed by atoms with van der Waals surface area (Å²) < 4.78 is 66.7.